The minimum Gasteiger partial charge on any atom is -0.298 e. The summed E-state index contributed by atoms with van der Waals surface area (Å²) in [6, 6.07) is 9.36. The van der Waals surface area contributed by atoms with Gasteiger partial charge in [-0.1, -0.05) is 29.3 Å². The van der Waals surface area contributed by atoms with Crippen LogP contribution in [-0.4, -0.2) is 15.8 Å². The summed E-state index contributed by atoms with van der Waals surface area (Å²) in [5.74, 6) is -0.391. The van der Waals surface area contributed by atoms with Crippen LogP contribution in [0.25, 0.3) is 11.3 Å². The van der Waals surface area contributed by atoms with Crippen LogP contribution in [0.3, 0.4) is 0 Å². The van der Waals surface area contributed by atoms with Crippen LogP contribution >= 0.6 is 34.5 Å². The second-order valence-corrected chi connectivity index (χ2v) is 7.05. The van der Waals surface area contributed by atoms with E-state index in [0.29, 0.717) is 32.0 Å². The molecule has 0 fully saturated rings. The molecule has 132 valence electrons. The fraction of sp³-hybridized carbons (Fsp3) is 0.0588. The highest BCUT2D eigenvalue weighted by Gasteiger charge is 2.15. The SMILES string of the molecule is Cc1cc(C(=O)Nc2nc(-c3ccc(Cl)c(Cl)c3)cs2)ccc1[N+](=O)[O-]. The van der Waals surface area contributed by atoms with Gasteiger partial charge in [0.05, 0.1) is 20.7 Å². The van der Waals surface area contributed by atoms with Crippen molar-refractivity contribution in [2.24, 2.45) is 0 Å². The van der Waals surface area contributed by atoms with E-state index < -0.39 is 10.8 Å². The number of rotatable bonds is 4. The number of nitro benzene ring substituents is 1. The number of benzene rings is 2. The lowest BCUT2D eigenvalue weighted by molar-refractivity contribution is -0.385. The zero-order valence-corrected chi connectivity index (χ0v) is 15.7. The molecule has 1 heterocycles. The molecule has 9 heteroatoms. The number of aryl methyl sites for hydroxylation is 1. The van der Waals surface area contributed by atoms with Crippen molar-refractivity contribution in [3.8, 4) is 11.3 Å². The predicted molar refractivity (Wildman–Crippen MR) is 103 cm³/mol. The zero-order chi connectivity index (χ0) is 18.8. The fourth-order valence-corrected chi connectivity index (χ4v) is 3.30. The summed E-state index contributed by atoms with van der Waals surface area (Å²) >= 11 is 13.2. The second-order valence-electron chi connectivity index (χ2n) is 5.38. The molecule has 1 amide bonds. The Bertz CT molecular complexity index is 1020. The van der Waals surface area contributed by atoms with Crippen LogP contribution in [0.1, 0.15) is 15.9 Å². The molecular weight excluding hydrogens is 397 g/mol. The maximum atomic E-state index is 12.3. The molecule has 0 atom stereocenters. The van der Waals surface area contributed by atoms with E-state index in [2.05, 4.69) is 10.3 Å². The number of carbonyl (C=O) groups excluding carboxylic acids is 1. The number of nitrogens with zero attached hydrogens (tertiary/aromatic N) is 2. The average Bonchev–Trinajstić information content (AvgIpc) is 3.05. The quantitative estimate of drug-likeness (QED) is 0.451. The number of thiazole rings is 1. The molecule has 3 rings (SSSR count). The number of nitro groups is 1. The first-order valence-electron chi connectivity index (χ1n) is 7.32. The first-order valence-corrected chi connectivity index (χ1v) is 8.96. The van der Waals surface area contributed by atoms with E-state index in [1.807, 2.05) is 0 Å². The van der Waals surface area contributed by atoms with Crippen molar-refractivity contribution in [2.75, 3.05) is 5.32 Å². The molecule has 26 heavy (non-hydrogen) atoms. The molecule has 1 aromatic heterocycles. The van der Waals surface area contributed by atoms with E-state index in [0.717, 1.165) is 5.56 Å². The van der Waals surface area contributed by atoms with Crippen molar-refractivity contribution < 1.29 is 9.72 Å². The minimum absolute atomic E-state index is 0.0299. The summed E-state index contributed by atoms with van der Waals surface area (Å²) in [6.45, 7) is 1.58. The minimum atomic E-state index is -0.485. The Hall–Kier alpha value is -2.48. The molecule has 0 saturated heterocycles. The molecule has 0 bridgehead atoms. The highest BCUT2D eigenvalue weighted by atomic mass is 35.5. The number of halogens is 2. The Kier molecular flexibility index (Phi) is 5.22. The Morgan fingerprint density at radius 3 is 2.62 bits per heavy atom. The topological polar surface area (TPSA) is 85.1 Å². The number of amides is 1. The van der Waals surface area contributed by atoms with Crippen molar-refractivity contribution in [3.05, 3.63) is 73.1 Å². The predicted octanol–water partition coefficient (Wildman–Crippen LogP) is 5.59. The van der Waals surface area contributed by atoms with E-state index in [1.54, 1.807) is 30.5 Å². The Balaban J connectivity index is 1.78. The lowest BCUT2D eigenvalue weighted by atomic mass is 10.1. The van der Waals surface area contributed by atoms with Crippen LogP contribution in [0, 0.1) is 17.0 Å². The molecule has 0 unspecified atom stereocenters. The van der Waals surface area contributed by atoms with Crippen LogP contribution in [0.15, 0.2) is 41.8 Å². The third-order valence-corrected chi connectivity index (χ3v) is 5.09. The van der Waals surface area contributed by atoms with Gasteiger partial charge < -0.3 is 0 Å². The number of nitrogens with one attached hydrogen (secondary N) is 1. The van der Waals surface area contributed by atoms with E-state index >= 15 is 0 Å². The van der Waals surface area contributed by atoms with Crippen LogP contribution in [0.4, 0.5) is 10.8 Å². The zero-order valence-electron chi connectivity index (χ0n) is 13.3. The van der Waals surface area contributed by atoms with Crippen molar-refractivity contribution >= 4 is 51.3 Å². The summed E-state index contributed by atoms with van der Waals surface area (Å²) in [4.78, 5) is 27.1. The van der Waals surface area contributed by atoms with Gasteiger partial charge in [0.2, 0.25) is 0 Å². The van der Waals surface area contributed by atoms with Gasteiger partial charge in [0.15, 0.2) is 5.13 Å². The van der Waals surface area contributed by atoms with Gasteiger partial charge in [-0.2, -0.15) is 0 Å². The molecule has 2 aromatic carbocycles. The monoisotopic (exact) mass is 407 g/mol. The molecule has 0 aliphatic rings. The van der Waals surface area contributed by atoms with E-state index in [9.17, 15) is 14.9 Å². The molecule has 1 N–H and O–H groups in total. The highest BCUT2D eigenvalue weighted by Crippen LogP contribution is 2.30. The average molecular weight is 408 g/mol. The summed E-state index contributed by atoms with van der Waals surface area (Å²) in [6.07, 6.45) is 0. The van der Waals surface area contributed by atoms with Gasteiger partial charge in [0.1, 0.15) is 0 Å². The molecule has 0 radical (unpaired) electrons. The second kappa shape index (κ2) is 7.41. The van der Waals surface area contributed by atoms with E-state index in [-0.39, 0.29) is 5.69 Å². The number of hydrogen-bond donors (Lipinski definition) is 1. The summed E-state index contributed by atoms with van der Waals surface area (Å²) < 4.78 is 0. The van der Waals surface area contributed by atoms with Crippen LogP contribution in [-0.2, 0) is 0 Å². The molecule has 0 aliphatic heterocycles. The third-order valence-electron chi connectivity index (χ3n) is 3.60. The first-order chi connectivity index (χ1) is 12.3. The van der Waals surface area contributed by atoms with Crippen LogP contribution in [0.5, 0.6) is 0 Å². The summed E-state index contributed by atoms with van der Waals surface area (Å²) in [5, 5.41) is 16.6. The number of hydrogen-bond acceptors (Lipinski definition) is 5. The fourth-order valence-electron chi connectivity index (χ4n) is 2.29. The molecule has 0 saturated carbocycles. The lowest BCUT2D eigenvalue weighted by Crippen LogP contribution is -2.12. The maximum Gasteiger partial charge on any atom is 0.272 e. The van der Waals surface area contributed by atoms with Crippen LogP contribution in [0.2, 0.25) is 10.0 Å². The summed E-state index contributed by atoms with van der Waals surface area (Å²) in [5.41, 5.74) is 2.14. The maximum absolute atomic E-state index is 12.3. The van der Waals surface area contributed by atoms with Crippen molar-refractivity contribution in [1.29, 1.82) is 0 Å². The van der Waals surface area contributed by atoms with Gasteiger partial charge in [-0.3, -0.25) is 20.2 Å². The van der Waals surface area contributed by atoms with Gasteiger partial charge in [-0.25, -0.2) is 4.98 Å². The van der Waals surface area contributed by atoms with Gasteiger partial charge in [-0.05, 0) is 31.2 Å². The normalized spacial score (nSPS) is 10.6. The van der Waals surface area contributed by atoms with E-state index in [4.69, 9.17) is 23.2 Å². The Labute approximate surface area is 162 Å². The van der Waals surface area contributed by atoms with Crippen molar-refractivity contribution in [3.63, 3.8) is 0 Å². The molecule has 0 aliphatic carbocycles. The molecular formula is C17H11Cl2N3O3S. The lowest BCUT2D eigenvalue weighted by Gasteiger charge is -2.04. The first kappa shape index (κ1) is 18.3. The van der Waals surface area contributed by atoms with Crippen LogP contribution < -0.4 is 5.32 Å². The standard InChI is InChI=1S/C17H11Cl2N3O3S/c1-9-6-11(3-5-15(9)22(24)25)16(23)21-17-20-14(8-26-17)10-2-4-12(18)13(19)7-10/h2-8H,1H3,(H,20,21,23). The van der Waals surface area contributed by atoms with Gasteiger partial charge >= 0.3 is 0 Å². The van der Waals surface area contributed by atoms with Crippen molar-refractivity contribution in [1.82, 2.24) is 4.98 Å². The third kappa shape index (κ3) is 3.85. The Morgan fingerprint density at radius 1 is 1.19 bits per heavy atom. The number of anilines is 1. The Morgan fingerprint density at radius 2 is 1.96 bits per heavy atom. The number of carbonyl (C=O) groups is 1. The molecule has 3 aromatic rings. The number of aromatic nitrogens is 1. The summed E-state index contributed by atoms with van der Waals surface area (Å²) in [7, 11) is 0. The van der Waals surface area contributed by atoms with E-state index in [1.165, 1.54) is 29.5 Å². The highest BCUT2D eigenvalue weighted by molar-refractivity contribution is 7.14. The molecule has 0 spiro atoms. The smallest absolute Gasteiger partial charge is 0.272 e. The van der Waals surface area contributed by atoms with Gasteiger partial charge in [-0.15, -0.1) is 11.3 Å². The van der Waals surface area contributed by atoms with Crippen molar-refractivity contribution in [2.45, 2.75) is 6.92 Å². The van der Waals surface area contributed by atoms with Gasteiger partial charge in [0, 0.05) is 28.1 Å². The van der Waals surface area contributed by atoms with Gasteiger partial charge in [0.25, 0.3) is 11.6 Å². The largest absolute Gasteiger partial charge is 0.298 e. The molecule has 6 nitrogen and oxygen atoms in total.